The number of rotatable bonds is 4. The van der Waals surface area contributed by atoms with E-state index >= 15 is 0 Å². The lowest BCUT2D eigenvalue weighted by Gasteiger charge is -2.10. The summed E-state index contributed by atoms with van der Waals surface area (Å²) in [7, 11) is 0. The maximum atomic E-state index is 5.73. The van der Waals surface area contributed by atoms with Crippen LogP contribution in [0.1, 0.15) is 17.8 Å². The van der Waals surface area contributed by atoms with E-state index in [4.69, 9.17) is 11.6 Å². The third-order valence-electron chi connectivity index (χ3n) is 2.47. The standard InChI is InChI=1S/C13H14ClNS/c1-9(14)8-15-10(2)13-7-11-5-3-4-6-12(11)16-13/h3-7,10,15H,1,8H2,2H3. The molecule has 2 rings (SSSR count). The SMILES string of the molecule is C=C(Cl)CNC(C)c1cc2ccccc2s1. The van der Waals surface area contributed by atoms with Crippen molar-refractivity contribution in [2.24, 2.45) is 0 Å². The molecular formula is C13H14ClNS. The zero-order valence-corrected chi connectivity index (χ0v) is 10.7. The van der Waals surface area contributed by atoms with Gasteiger partial charge in [-0.3, -0.25) is 0 Å². The van der Waals surface area contributed by atoms with Gasteiger partial charge in [0.1, 0.15) is 0 Å². The molecule has 0 radical (unpaired) electrons. The van der Waals surface area contributed by atoms with Gasteiger partial charge in [0.2, 0.25) is 0 Å². The van der Waals surface area contributed by atoms with E-state index < -0.39 is 0 Å². The monoisotopic (exact) mass is 251 g/mol. The van der Waals surface area contributed by atoms with Gasteiger partial charge in [0.15, 0.2) is 0 Å². The maximum Gasteiger partial charge on any atom is 0.0389 e. The molecule has 0 aliphatic carbocycles. The Kier molecular flexibility index (Phi) is 3.64. The molecule has 1 aromatic carbocycles. The predicted molar refractivity (Wildman–Crippen MR) is 73.2 cm³/mol. The largest absolute Gasteiger partial charge is 0.304 e. The Morgan fingerprint density at radius 1 is 1.50 bits per heavy atom. The van der Waals surface area contributed by atoms with Crippen LogP contribution in [-0.2, 0) is 0 Å². The van der Waals surface area contributed by atoms with Crippen molar-refractivity contribution in [1.29, 1.82) is 0 Å². The van der Waals surface area contributed by atoms with Crippen LogP contribution in [0.25, 0.3) is 10.1 Å². The molecule has 0 saturated heterocycles. The van der Waals surface area contributed by atoms with Gasteiger partial charge in [-0.25, -0.2) is 0 Å². The quantitative estimate of drug-likeness (QED) is 0.854. The smallest absolute Gasteiger partial charge is 0.0389 e. The Balaban J connectivity index is 2.16. The Labute approximate surface area is 105 Å². The van der Waals surface area contributed by atoms with Gasteiger partial charge >= 0.3 is 0 Å². The molecule has 0 bridgehead atoms. The van der Waals surface area contributed by atoms with Crippen LogP contribution in [0.2, 0.25) is 0 Å². The number of thiophene rings is 1. The lowest BCUT2D eigenvalue weighted by atomic mass is 10.2. The first-order valence-corrected chi connectivity index (χ1v) is 6.41. The first-order chi connectivity index (χ1) is 7.66. The van der Waals surface area contributed by atoms with Gasteiger partial charge in [0.25, 0.3) is 0 Å². The molecule has 84 valence electrons. The van der Waals surface area contributed by atoms with Crippen LogP contribution in [0, 0.1) is 0 Å². The summed E-state index contributed by atoms with van der Waals surface area (Å²) in [5.41, 5.74) is 0. The Morgan fingerprint density at radius 2 is 2.25 bits per heavy atom. The van der Waals surface area contributed by atoms with Crippen molar-refractivity contribution in [1.82, 2.24) is 5.32 Å². The number of nitrogens with one attached hydrogen (secondary N) is 1. The predicted octanol–water partition coefficient (Wildman–Crippen LogP) is 4.30. The van der Waals surface area contributed by atoms with Gasteiger partial charge in [-0.2, -0.15) is 0 Å². The minimum Gasteiger partial charge on any atom is -0.304 e. The molecule has 1 heterocycles. The second-order valence-electron chi connectivity index (χ2n) is 3.81. The molecule has 1 aromatic heterocycles. The average Bonchev–Trinajstić information content (AvgIpc) is 2.69. The van der Waals surface area contributed by atoms with Gasteiger partial charge in [-0.15, -0.1) is 11.3 Å². The highest BCUT2D eigenvalue weighted by Crippen LogP contribution is 2.29. The minimum absolute atomic E-state index is 0.313. The molecule has 2 aromatic rings. The van der Waals surface area contributed by atoms with Crippen molar-refractivity contribution in [3.8, 4) is 0 Å². The van der Waals surface area contributed by atoms with Crippen LogP contribution < -0.4 is 5.32 Å². The van der Waals surface area contributed by atoms with E-state index in [2.05, 4.69) is 49.2 Å². The summed E-state index contributed by atoms with van der Waals surface area (Å²) in [5.74, 6) is 0. The highest BCUT2D eigenvalue weighted by molar-refractivity contribution is 7.19. The Bertz CT molecular complexity index is 470. The van der Waals surface area contributed by atoms with Crippen LogP contribution >= 0.6 is 22.9 Å². The summed E-state index contributed by atoms with van der Waals surface area (Å²) in [4.78, 5) is 1.33. The zero-order valence-electron chi connectivity index (χ0n) is 9.16. The van der Waals surface area contributed by atoms with E-state index in [0.29, 0.717) is 17.6 Å². The molecule has 1 nitrogen and oxygen atoms in total. The van der Waals surface area contributed by atoms with E-state index in [1.54, 1.807) is 0 Å². The van der Waals surface area contributed by atoms with Crippen LogP contribution in [0.4, 0.5) is 0 Å². The molecule has 1 N–H and O–H groups in total. The second-order valence-corrected chi connectivity index (χ2v) is 5.46. The third-order valence-corrected chi connectivity index (χ3v) is 3.90. The third kappa shape index (κ3) is 2.64. The summed E-state index contributed by atoms with van der Waals surface area (Å²) in [6.45, 7) is 6.46. The van der Waals surface area contributed by atoms with E-state index in [1.165, 1.54) is 15.0 Å². The van der Waals surface area contributed by atoms with Crippen LogP contribution in [0.3, 0.4) is 0 Å². The fourth-order valence-corrected chi connectivity index (χ4v) is 2.75. The van der Waals surface area contributed by atoms with Gasteiger partial charge in [-0.05, 0) is 24.4 Å². The van der Waals surface area contributed by atoms with Crippen molar-refractivity contribution in [3.05, 3.63) is 46.8 Å². The summed E-state index contributed by atoms with van der Waals surface area (Å²) >= 11 is 7.56. The van der Waals surface area contributed by atoms with Gasteiger partial charge < -0.3 is 5.32 Å². The van der Waals surface area contributed by atoms with Gasteiger partial charge in [0.05, 0.1) is 0 Å². The molecule has 0 aliphatic heterocycles. The maximum absolute atomic E-state index is 5.73. The summed E-state index contributed by atoms with van der Waals surface area (Å²) in [6, 6.07) is 11.0. The van der Waals surface area contributed by atoms with E-state index in [9.17, 15) is 0 Å². The molecule has 1 atom stereocenters. The Hall–Kier alpha value is -0.830. The first-order valence-electron chi connectivity index (χ1n) is 5.22. The highest BCUT2D eigenvalue weighted by Gasteiger charge is 2.08. The lowest BCUT2D eigenvalue weighted by Crippen LogP contribution is -2.18. The molecule has 0 spiro atoms. The van der Waals surface area contributed by atoms with E-state index in [-0.39, 0.29) is 0 Å². The topological polar surface area (TPSA) is 12.0 Å². The molecular weight excluding hydrogens is 238 g/mol. The molecule has 1 unspecified atom stereocenters. The fraction of sp³-hybridized carbons (Fsp3) is 0.231. The molecule has 0 aliphatic rings. The number of hydrogen-bond acceptors (Lipinski definition) is 2. The van der Waals surface area contributed by atoms with Gasteiger partial charge in [0, 0.05) is 27.2 Å². The number of fused-ring (bicyclic) bond motifs is 1. The van der Waals surface area contributed by atoms with Crippen molar-refractivity contribution in [2.45, 2.75) is 13.0 Å². The fourth-order valence-electron chi connectivity index (χ4n) is 1.58. The molecule has 0 amide bonds. The number of halogens is 1. The zero-order chi connectivity index (χ0) is 11.5. The lowest BCUT2D eigenvalue weighted by molar-refractivity contribution is 0.625. The Morgan fingerprint density at radius 3 is 2.94 bits per heavy atom. The second kappa shape index (κ2) is 5.00. The van der Waals surface area contributed by atoms with Crippen molar-refractivity contribution < 1.29 is 0 Å². The minimum atomic E-state index is 0.313. The molecule has 0 saturated carbocycles. The summed E-state index contributed by atoms with van der Waals surface area (Å²) in [6.07, 6.45) is 0. The van der Waals surface area contributed by atoms with Crippen molar-refractivity contribution >= 4 is 33.0 Å². The van der Waals surface area contributed by atoms with Crippen molar-refractivity contribution in [2.75, 3.05) is 6.54 Å². The van der Waals surface area contributed by atoms with Crippen LogP contribution in [0.5, 0.6) is 0 Å². The number of benzene rings is 1. The molecule has 0 fully saturated rings. The van der Waals surface area contributed by atoms with Gasteiger partial charge in [-0.1, -0.05) is 36.4 Å². The average molecular weight is 252 g/mol. The van der Waals surface area contributed by atoms with E-state index in [0.717, 1.165) is 0 Å². The summed E-state index contributed by atoms with van der Waals surface area (Å²) < 4.78 is 1.33. The van der Waals surface area contributed by atoms with E-state index in [1.807, 2.05) is 11.3 Å². The number of hydrogen-bond donors (Lipinski definition) is 1. The highest BCUT2D eigenvalue weighted by atomic mass is 35.5. The van der Waals surface area contributed by atoms with Crippen LogP contribution in [0.15, 0.2) is 41.9 Å². The molecule has 3 heteroatoms. The summed E-state index contributed by atoms with van der Waals surface area (Å²) in [5, 5.41) is 5.29. The molecule has 16 heavy (non-hydrogen) atoms. The van der Waals surface area contributed by atoms with Crippen molar-refractivity contribution in [3.63, 3.8) is 0 Å². The normalized spacial score (nSPS) is 12.9. The first kappa shape index (κ1) is 11.6. The van der Waals surface area contributed by atoms with Crippen LogP contribution in [-0.4, -0.2) is 6.54 Å².